The van der Waals surface area contributed by atoms with Crippen molar-refractivity contribution >= 4 is 16.9 Å². The number of carboxylic acid groups (broad SMARTS) is 1. The Morgan fingerprint density at radius 2 is 2.04 bits per heavy atom. The number of aryl methyl sites for hydroxylation is 1. The van der Waals surface area contributed by atoms with Gasteiger partial charge in [-0.2, -0.15) is 0 Å². The maximum absolute atomic E-state index is 11.6. The van der Waals surface area contributed by atoms with Gasteiger partial charge in [-0.15, -0.1) is 0 Å². The van der Waals surface area contributed by atoms with Gasteiger partial charge in [0.05, 0.1) is 11.1 Å². The van der Waals surface area contributed by atoms with Crippen molar-refractivity contribution in [2.75, 3.05) is 32.7 Å². The summed E-state index contributed by atoms with van der Waals surface area (Å²) in [6, 6.07) is 5.63. The zero-order valence-corrected chi connectivity index (χ0v) is 13.9. The van der Waals surface area contributed by atoms with E-state index in [1.807, 2.05) is 6.07 Å². The fraction of sp³-hybridized carbons (Fsp3) is 0.500. The third kappa shape index (κ3) is 2.99. The Kier molecular flexibility index (Phi) is 4.68. The van der Waals surface area contributed by atoms with Crippen LogP contribution in [0.3, 0.4) is 0 Å². The van der Waals surface area contributed by atoms with Crippen LogP contribution in [0.15, 0.2) is 18.2 Å². The molecule has 1 aromatic heterocycles. The molecule has 1 fully saturated rings. The molecule has 0 unspecified atom stereocenters. The number of para-hydroxylation sites is 1. The van der Waals surface area contributed by atoms with E-state index in [0.717, 1.165) is 56.6 Å². The van der Waals surface area contributed by atoms with Crippen LogP contribution in [0.2, 0.25) is 0 Å². The van der Waals surface area contributed by atoms with Crippen molar-refractivity contribution in [1.82, 2.24) is 14.8 Å². The van der Waals surface area contributed by atoms with Gasteiger partial charge in [-0.25, -0.2) is 4.79 Å². The van der Waals surface area contributed by atoms with Gasteiger partial charge >= 0.3 is 5.97 Å². The van der Waals surface area contributed by atoms with E-state index in [1.54, 1.807) is 6.07 Å². The number of carbonyl (C=O) groups is 1. The quantitative estimate of drug-likeness (QED) is 0.887. The minimum absolute atomic E-state index is 0.404. The maximum atomic E-state index is 11.6. The van der Waals surface area contributed by atoms with Gasteiger partial charge in [-0.05, 0) is 31.9 Å². The Labute approximate surface area is 136 Å². The highest BCUT2D eigenvalue weighted by atomic mass is 16.4. The fourth-order valence-corrected chi connectivity index (χ4v) is 3.69. The SMILES string of the molecule is CCn1c(C)c(CCN2CCNCC2)c2cccc(C(=O)O)c21. The number of nitrogens with zero attached hydrogens (tertiary/aromatic N) is 2. The lowest BCUT2D eigenvalue weighted by molar-refractivity contribution is 0.0698. The van der Waals surface area contributed by atoms with Crippen molar-refractivity contribution in [2.24, 2.45) is 0 Å². The molecule has 0 radical (unpaired) electrons. The van der Waals surface area contributed by atoms with Crippen molar-refractivity contribution in [2.45, 2.75) is 26.8 Å². The Morgan fingerprint density at radius 1 is 1.30 bits per heavy atom. The topological polar surface area (TPSA) is 57.5 Å². The highest BCUT2D eigenvalue weighted by Crippen LogP contribution is 2.29. The molecular formula is C18H25N3O2. The van der Waals surface area contributed by atoms with Crippen molar-refractivity contribution in [3.8, 4) is 0 Å². The van der Waals surface area contributed by atoms with E-state index in [1.165, 1.54) is 11.3 Å². The molecular weight excluding hydrogens is 290 g/mol. The Balaban J connectivity index is 1.98. The third-order valence-electron chi connectivity index (χ3n) is 4.91. The van der Waals surface area contributed by atoms with E-state index in [-0.39, 0.29) is 0 Å². The highest BCUT2D eigenvalue weighted by molar-refractivity contribution is 6.03. The van der Waals surface area contributed by atoms with Crippen molar-refractivity contribution in [3.05, 3.63) is 35.0 Å². The molecule has 0 amide bonds. The summed E-state index contributed by atoms with van der Waals surface area (Å²) in [5.41, 5.74) is 3.77. The Bertz CT molecular complexity index is 715. The normalized spacial score (nSPS) is 16.1. The van der Waals surface area contributed by atoms with Gasteiger partial charge in [-0.1, -0.05) is 12.1 Å². The van der Waals surface area contributed by atoms with Crippen LogP contribution in [0.25, 0.3) is 10.9 Å². The molecule has 0 aliphatic carbocycles. The summed E-state index contributed by atoms with van der Waals surface area (Å²) < 4.78 is 2.14. The predicted octanol–water partition coefficient (Wildman–Crippen LogP) is 2.12. The predicted molar refractivity (Wildman–Crippen MR) is 92.3 cm³/mol. The van der Waals surface area contributed by atoms with Gasteiger partial charge in [-0.3, -0.25) is 0 Å². The minimum Gasteiger partial charge on any atom is -0.478 e. The molecule has 0 atom stereocenters. The lowest BCUT2D eigenvalue weighted by Crippen LogP contribution is -2.44. The average Bonchev–Trinajstić information content (AvgIpc) is 2.84. The lowest BCUT2D eigenvalue weighted by Gasteiger charge is -2.27. The molecule has 3 rings (SSSR count). The first kappa shape index (κ1) is 16.0. The van der Waals surface area contributed by atoms with Crippen molar-refractivity contribution in [3.63, 3.8) is 0 Å². The standard InChI is InChI=1S/C18H25N3O2/c1-3-21-13(2)14(7-10-20-11-8-19-9-12-20)15-5-4-6-16(17(15)21)18(22)23/h4-6,19H,3,7-12H2,1-2H3,(H,22,23). The molecule has 0 bridgehead atoms. The maximum Gasteiger partial charge on any atom is 0.337 e. The molecule has 5 heteroatoms. The molecule has 0 spiro atoms. The van der Waals surface area contributed by atoms with Crippen LogP contribution in [0.5, 0.6) is 0 Å². The van der Waals surface area contributed by atoms with Crippen molar-refractivity contribution in [1.29, 1.82) is 0 Å². The first-order valence-electron chi connectivity index (χ1n) is 8.40. The number of hydrogen-bond acceptors (Lipinski definition) is 3. The number of piperazine rings is 1. The monoisotopic (exact) mass is 315 g/mol. The summed E-state index contributed by atoms with van der Waals surface area (Å²) in [6.45, 7) is 10.3. The lowest BCUT2D eigenvalue weighted by atomic mass is 10.0. The second-order valence-electron chi connectivity index (χ2n) is 6.16. The molecule has 1 aliphatic heterocycles. The number of benzene rings is 1. The Hall–Kier alpha value is -1.85. The summed E-state index contributed by atoms with van der Waals surface area (Å²) in [4.78, 5) is 14.1. The summed E-state index contributed by atoms with van der Waals surface area (Å²) in [5, 5.41) is 14.0. The number of aromatic carboxylic acids is 1. The fourth-order valence-electron chi connectivity index (χ4n) is 3.69. The van der Waals surface area contributed by atoms with Gasteiger partial charge in [0.1, 0.15) is 0 Å². The molecule has 2 N–H and O–H groups in total. The van der Waals surface area contributed by atoms with Gasteiger partial charge in [0.2, 0.25) is 0 Å². The van der Waals surface area contributed by atoms with E-state index >= 15 is 0 Å². The largest absolute Gasteiger partial charge is 0.478 e. The number of carboxylic acids is 1. The van der Waals surface area contributed by atoms with Crippen LogP contribution in [-0.4, -0.2) is 53.3 Å². The van der Waals surface area contributed by atoms with E-state index in [9.17, 15) is 9.90 Å². The van der Waals surface area contributed by atoms with Gasteiger partial charge in [0.25, 0.3) is 0 Å². The smallest absolute Gasteiger partial charge is 0.337 e. The number of nitrogens with one attached hydrogen (secondary N) is 1. The molecule has 23 heavy (non-hydrogen) atoms. The number of fused-ring (bicyclic) bond motifs is 1. The summed E-state index contributed by atoms with van der Waals surface area (Å²) in [5.74, 6) is -0.851. The highest BCUT2D eigenvalue weighted by Gasteiger charge is 2.19. The average molecular weight is 315 g/mol. The van der Waals surface area contributed by atoms with Gasteiger partial charge < -0.3 is 19.9 Å². The number of aromatic nitrogens is 1. The molecule has 2 heterocycles. The van der Waals surface area contributed by atoms with E-state index in [0.29, 0.717) is 5.56 Å². The first-order valence-corrected chi connectivity index (χ1v) is 8.40. The van der Waals surface area contributed by atoms with Crippen LogP contribution < -0.4 is 5.32 Å². The van der Waals surface area contributed by atoms with E-state index < -0.39 is 5.97 Å². The second-order valence-corrected chi connectivity index (χ2v) is 6.16. The summed E-state index contributed by atoms with van der Waals surface area (Å²) >= 11 is 0. The van der Waals surface area contributed by atoms with Gasteiger partial charge in [0.15, 0.2) is 0 Å². The van der Waals surface area contributed by atoms with E-state index in [4.69, 9.17) is 0 Å². The Morgan fingerprint density at radius 3 is 2.70 bits per heavy atom. The molecule has 5 nitrogen and oxygen atoms in total. The van der Waals surface area contributed by atoms with Crippen LogP contribution in [0.1, 0.15) is 28.5 Å². The molecule has 1 aromatic carbocycles. The molecule has 124 valence electrons. The summed E-state index contributed by atoms with van der Waals surface area (Å²) in [7, 11) is 0. The van der Waals surface area contributed by atoms with Gasteiger partial charge in [0, 0.05) is 50.3 Å². The zero-order chi connectivity index (χ0) is 16.4. The van der Waals surface area contributed by atoms with Crippen LogP contribution in [-0.2, 0) is 13.0 Å². The summed E-state index contributed by atoms with van der Waals surface area (Å²) in [6.07, 6.45) is 0.971. The molecule has 1 aliphatic rings. The second kappa shape index (κ2) is 6.72. The van der Waals surface area contributed by atoms with E-state index in [2.05, 4.69) is 34.7 Å². The molecule has 0 saturated carbocycles. The van der Waals surface area contributed by atoms with Crippen LogP contribution in [0.4, 0.5) is 0 Å². The van der Waals surface area contributed by atoms with Crippen LogP contribution in [0, 0.1) is 6.92 Å². The first-order chi connectivity index (χ1) is 11.1. The molecule has 1 saturated heterocycles. The zero-order valence-electron chi connectivity index (χ0n) is 13.9. The minimum atomic E-state index is -0.851. The van der Waals surface area contributed by atoms with Crippen LogP contribution >= 0.6 is 0 Å². The van der Waals surface area contributed by atoms with Crippen molar-refractivity contribution < 1.29 is 9.90 Å². The number of hydrogen-bond donors (Lipinski definition) is 2. The third-order valence-corrected chi connectivity index (χ3v) is 4.91. The number of rotatable bonds is 5. The molecule has 2 aromatic rings.